The number of ether oxygens (including phenoxy) is 2. The standard InChI is InChI=1S/C26H25Cl2NO3/c1-31-22-15-23(32-2)26(18-6-5-7-20(28)14-18)25(17-9-11-19(27)12-10-17)21(22)16-29-13-4-3-8-24(29)30/h5-7,9-12,14-15H,3-4,8,13,16H2,1-2H3. The number of hydrogen-bond donors (Lipinski definition) is 0. The highest BCUT2D eigenvalue weighted by Gasteiger charge is 2.26. The van der Waals surface area contributed by atoms with Crippen molar-refractivity contribution in [1.29, 1.82) is 0 Å². The zero-order valence-electron chi connectivity index (χ0n) is 18.2. The number of hydrogen-bond acceptors (Lipinski definition) is 3. The summed E-state index contributed by atoms with van der Waals surface area (Å²) in [5, 5.41) is 1.29. The first-order valence-corrected chi connectivity index (χ1v) is 11.3. The Morgan fingerprint density at radius 3 is 2.25 bits per heavy atom. The Labute approximate surface area is 198 Å². The molecule has 0 aromatic heterocycles. The van der Waals surface area contributed by atoms with Crippen LogP contribution in [0.15, 0.2) is 54.6 Å². The highest BCUT2D eigenvalue weighted by molar-refractivity contribution is 6.31. The van der Waals surface area contributed by atoms with Gasteiger partial charge >= 0.3 is 0 Å². The quantitative estimate of drug-likeness (QED) is 0.395. The molecule has 0 N–H and O–H groups in total. The zero-order chi connectivity index (χ0) is 22.7. The first-order chi connectivity index (χ1) is 15.5. The first-order valence-electron chi connectivity index (χ1n) is 10.6. The van der Waals surface area contributed by atoms with Crippen LogP contribution >= 0.6 is 23.2 Å². The zero-order valence-corrected chi connectivity index (χ0v) is 19.7. The van der Waals surface area contributed by atoms with Crippen molar-refractivity contribution in [3.8, 4) is 33.8 Å². The summed E-state index contributed by atoms with van der Waals surface area (Å²) in [7, 11) is 3.28. The van der Waals surface area contributed by atoms with E-state index in [9.17, 15) is 4.79 Å². The number of nitrogens with zero attached hydrogens (tertiary/aromatic N) is 1. The number of halogens is 2. The molecule has 4 nitrogen and oxygen atoms in total. The molecule has 0 bridgehead atoms. The number of benzene rings is 3. The van der Waals surface area contributed by atoms with E-state index in [0.717, 1.165) is 47.2 Å². The van der Waals surface area contributed by atoms with Crippen molar-refractivity contribution in [1.82, 2.24) is 4.90 Å². The van der Waals surface area contributed by atoms with Crippen LogP contribution in [0.25, 0.3) is 22.3 Å². The second-order valence-electron chi connectivity index (χ2n) is 7.80. The van der Waals surface area contributed by atoms with Crippen LogP contribution in [0.1, 0.15) is 24.8 Å². The summed E-state index contributed by atoms with van der Waals surface area (Å²) in [4.78, 5) is 14.6. The third kappa shape index (κ3) is 4.57. The molecule has 1 heterocycles. The average Bonchev–Trinajstić information content (AvgIpc) is 2.80. The van der Waals surface area contributed by atoms with Gasteiger partial charge in [0.05, 0.1) is 14.2 Å². The maximum Gasteiger partial charge on any atom is 0.222 e. The lowest BCUT2D eigenvalue weighted by Crippen LogP contribution is -2.35. The van der Waals surface area contributed by atoms with E-state index in [1.54, 1.807) is 14.2 Å². The summed E-state index contributed by atoms with van der Waals surface area (Å²) < 4.78 is 11.6. The molecule has 0 atom stereocenters. The predicted molar refractivity (Wildman–Crippen MR) is 130 cm³/mol. The number of rotatable bonds is 6. The lowest BCUT2D eigenvalue weighted by molar-refractivity contribution is -0.133. The van der Waals surface area contributed by atoms with Crippen LogP contribution in [0.4, 0.5) is 0 Å². The molecule has 1 amide bonds. The lowest BCUT2D eigenvalue weighted by atomic mass is 9.88. The van der Waals surface area contributed by atoms with Gasteiger partial charge in [0.1, 0.15) is 11.5 Å². The van der Waals surface area contributed by atoms with Gasteiger partial charge in [-0.25, -0.2) is 0 Å². The molecule has 4 rings (SSSR count). The minimum absolute atomic E-state index is 0.167. The van der Waals surface area contributed by atoms with Crippen molar-refractivity contribution in [2.75, 3.05) is 20.8 Å². The summed E-state index contributed by atoms with van der Waals surface area (Å²) in [5.74, 6) is 1.51. The van der Waals surface area contributed by atoms with Crippen molar-refractivity contribution in [3.05, 3.63) is 70.2 Å². The van der Waals surface area contributed by atoms with Crippen LogP contribution in [0.5, 0.6) is 11.5 Å². The van der Waals surface area contributed by atoms with Gasteiger partial charge in [-0.3, -0.25) is 4.79 Å². The van der Waals surface area contributed by atoms with Gasteiger partial charge in [0.2, 0.25) is 5.91 Å². The summed E-state index contributed by atoms with van der Waals surface area (Å²) in [5.41, 5.74) is 4.66. The van der Waals surface area contributed by atoms with Gasteiger partial charge in [-0.05, 0) is 48.2 Å². The van der Waals surface area contributed by atoms with Gasteiger partial charge in [-0.2, -0.15) is 0 Å². The maximum atomic E-state index is 12.6. The van der Waals surface area contributed by atoms with E-state index >= 15 is 0 Å². The van der Waals surface area contributed by atoms with E-state index < -0.39 is 0 Å². The van der Waals surface area contributed by atoms with E-state index in [1.165, 1.54) is 0 Å². The van der Waals surface area contributed by atoms with Gasteiger partial charge in [0.25, 0.3) is 0 Å². The van der Waals surface area contributed by atoms with Crippen LogP contribution in [-0.2, 0) is 11.3 Å². The molecular formula is C26H25Cl2NO3. The molecule has 1 fully saturated rings. The average molecular weight is 470 g/mol. The molecule has 166 valence electrons. The Morgan fingerprint density at radius 2 is 1.59 bits per heavy atom. The molecular weight excluding hydrogens is 445 g/mol. The number of methoxy groups -OCH3 is 2. The monoisotopic (exact) mass is 469 g/mol. The first kappa shape index (κ1) is 22.5. The van der Waals surface area contributed by atoms with Crippen LogP contribution < -0.4 is 9.47 Å². The third-order valence-corrected chi connectivity index (χ3v) is 6.30. The normalized spacial score (nSPS) is 13.9. The van der Waals surface area contributed by atoms with Crippen LogP contribution in [-0.4, -0.2) is 31.6 Å². The summed E-state index contributed by atoms with van der Waals surface area (Å²) in [6.07, 6.45) is 2.52. The molecule has 3 aromatic carbocycles. The molecule has 0 saturated carbocycles. The molecule has 1 aliphatic heterocycles. The Balaban J connectivity index is 2.01. The molecule has 32 heavy (non-hydrogen) atoms. The molecule has 0 aliphatic carbocycles. The largest absolute Gasteiger partial charge is 0.496 e. The number of carbonyl (C=O) groups is 1. The van der Waals surface area contributed by atoms with Crippen molar-refractivity contribution >= 4 is 29.1 Å². The minimum Gasteiger partial charge on any atom is -0.496 e. The fourth-order valence-electron chi connectivity index (χ4n) is 4.26. The van der Waals surface area contributed by atoms with Crippen molar-refractivity contribution in [3.63, 3.8) is 0 Å². The topological polar surface area (TPSA) is 38.8 Å². The third-order valence-electron chi connectivity index (χ3n) is 5.81. The van der Waals surface area contributed by atoms with Gasteiger partial charge in [-0.15, -0.1) is 0 Å². The van der Waals surface area contributed by atoms with E-state index in [1.807, 2.05) is 59.5 Å². The number of amides is 1. The molecule has 0 spiro atoms. The fraction of sp³-hybridized carbons (Fsp3) is 0.269. The fourth-order valence-corrected chi connectivity index (χ4v) is 4.58. The number of likely N-dealkylation sites (tertiary alicyclic amines) is 1. The van der Waals surface area contributed by atoms with E-state index in [-0.39, 0.29) is 5.91 Å². The van der Waals surface area contributed by atoms with Gasteiger partial charge in [0.15, 0.2) is 0 Å². The molecule has 1 aliphatic rings. The van der Waals surface area contributed by atoms with E-state index in [4.69, 9.17) is 32.7 Å². The van der Waals surface area contributed by atoms with Gasteiger partial charge in [0, 0.05) is 52.3 Å². The summed E-state index contributed by atoms with van der Waals surface area (Å²) in [6.45, 7) is 1.19. The Morgan fingerprint density at radius 1 is 0.844 bits per heavy atom. The van der Waals surface area contributed by atoms with Crippen molar-refractivity contribution in [2.24, 2.45) is 0 Å². The second-order valence-corrected chi connectivity index (χ2v) is 8.67. The van der Waals surface area contributed by atoms with Gasteiger partial charge < -0.3 is 14.4 Å². The van der Waals surface area contributed by atoms with Crippen molar-refractivity contribution < 1.29 is 14.3 Å². The predicted octanol–water partition coefficient (Wildman–Crippen LogP) is 6.86. The number of carbonyl (C=O) groups excluding carboxylic acids is 1. The molecule has 6 heteroatoms. The maximum absolute atomic E-state index is 12.6. The Hall–Kier alpha value is -2.69. The smallest absolute Gasteiger partial charge is 0.222 e. The van der Waals surface area contributed by atoms with Crippen LogP contribution in [0.3, 0.4) is 0 Å². The van der Waals surface area contributed by atoms with Crippen LogP contribution in [0.2, 0.25) is 10.0 Å². The molecule has 0 unspecified atom stereocenters. The Bertz CT molecular complexity index is 1130. The molecule has 1 saturated heterocycles. The van der Waals surface area contributed by atoms with Crippen molar-refractivity contribution in [2.45, 2.75) is 25.8 Å². The highest BCUT2D eigenvalue weighted by atomic mass is 35.5. The van der Waals surface area contributed by atoms with E-state index in [0.29, 0.717) is 34.5 Å². The van der Waals surface area contributed by atoms with Gasteiger partial charge in [-0.1, -0.05) is 47.5 Å². The van der Waals surface area contributed by atoms with Crippen LogP contribution in [0, 0.1) is 0 Å². The molecule has 3 aromatic rings. The molecule has 0 radical (unpaired) electrons. The van der Waals surface area contributed by atoms with E-state index in [2.05, 4.69) is 0 Å². The second kappa shape index (κ2) is 9.85. The summed E-state index contributed by atoms with van der Waals surface area (Å²) in [6, 6.07) is 17.3. The Kier molecular flexibility index (Phi) is 6.92. The SMILES string of the molecule is COc1cc(OC)c(-c2cccc(Cl)c2)c(-c2ccc(Cl)cc2)c1CN1CCCCC1=O. The highest BCUT2D eigenvalue weighted by Crippen LogP contribution is 2.47. The lowest BCUT2D eigenvalue weighted by Gasteiger charge is -2.30. The summed E-state index contributed by atoms with van der Waals surface area (Å²) >= 11 is 12.5. The number of piperidine rings is 1. The minimum atomic E-state index is 0.167.